The smallest absolute Gasteiger partial charge is 0.122 e. The van der Waals surface area contributed by atoms with E-state index < -0.39 is 0 Å². The Labute approximate surface area is 222 Å². The first kappa shape index (κ1) is 27.2. The summed E-state index contributed by atoms with van der Waals surface area (Å²) in [7, 11) is 0. The highest BCUT2D eigenvalue weighted by atomic mass is 16.5. The highest BCUT2D eigenvalue weighted by molar-refractivity contribution is 5.74. The maximum atomic E-state index is 9.73. The summed E-state index contributed by atoms with van der Waals surface area (Å²) in [5.41, 5.74) is 5.78. The Hall–Kier alpha value is -2.86. The molecule has 0 unspecified atom stereocenters. The number of nitrogens with zero attached hydrogens (tertiary/aromatic N) is 1. The molecule has 5 nitrogen and oxygen atoms in total. The summed E-state index contributed by atoms with van der Waals surface area (Å²) in [5, 5.41) is 13.2. The van der Waals surface area contributed by atoms with Gasteiger partial charge in [0.15, 0.2) is 0 Å². The van der Waals surface area contributed by atoms with E-state index in [0.29, 0.717) is 6.61 Å². The lowest BCUT2D eigenvalue weighted by molar-refractivity contribution is 0.238. The first-order valence-electron chi connectivity index (χ1n) is 13.7. The van der Waals surface area contributed by atoms with Crippen LogP contribution in [0.1, 0.15) is 48.4 Å². The van der Waals surface area contributed by atoms with Gasteiger partial charge in [-0.1, -0.05) is 54.6 Å². The zero-order chi connectivity index (χ0) is 25.9. The van der Waals surface area contributed by atoms with Gasteiger partial charge in [0.25, 0.3) is 0 Å². The molecule has 0 spiro atoms. The van der Waals surface area contributed by atoms with Crippen LogP contribution in [0.5, 0.6) is 11.5 Å². The van der Waals surface area contributed by atoms with E-state index in [0.717, 1.165) is 55.2 Å². The number of ether oxygens (including phenoxy) is 2. The second-order valence-corrected chi connectivity index (χ2v) is 9.91. The van der Waals surface area contributed by atoms with Gasteiger partial charge >= 0.3 is 0 Å². The van der Waals surface area contributed by atoms with Crippen LogP contribution in [0.4, 0.5) is 0 Å². The monoisotopic (exact) mass is 502 g/mol. The van der Waals surface area contributed by atoms with Gasteiger partial charge in [0.2, 0.25) is 0 Å². The lowest BCUT2D eigenvalue weighted by Crippen LogP contribution is -2.26. The van der Waals surface area contributed by atoms with E-state index in [1.165, 1.54) is 42.6 Å². The lowest BCUT2D eigenvalue weighted by Gasteiger charge is -2.18. The Morgan fingerprint density at radius 1 is 0.784 bits per heavy atom. The molecule has 3 aromatic rings. The fourth-order valence-electron chi connectivity index (χ4n) is 5.11. The standard InChI is InChI=1S/C32H42N2O3/c1-25-28(29-15-9-17-32(26(29)2)37-23-11-21-34-19-6-7-20-34)14-8-16-31(25)36-22-10-18-33-30(24-35)27-12-4-3-5-13-27/h3-5,8-9,12-17,30,33,35H,6-7,10-11,18-24H2,1-2H3/t30-/m0/s1. The summed E-state index contributed by atoms with van der Waals surface area (Å²) in [6.07, 6.45) is 4.58. The average molecular weight is 503 g/mol. The summed E-state index contributed by atoms with van der Waals surface area (Å²) in [5.74, 6) is 1.88. The van der Waals surface area contributed by atoms with E-state index in [-0.39, 0.29) is 12.6 Å². The molecule has 1 aliphatic heterocycles. The number of hydrogen-bond donors (Lipinski definition) is 2. The molecule has 5 heteroatoms. The van der Waals surface area contributed by atoms with Gasteiger partial charge in [-0.2, -0.15) is 0 Å². The molecule has 1 saturated heterocycles. The van der Waals surface area contributed by atoms with Gasteiger partial charge in [0.05, 0.1) is 25.9 Å². The first-order chi connectivity index (χ1) is 18.2. The summed E-state index contributed by atoms with van der Waals surface area (Å²) >= 11 is 0. The molecule has 1 aliphatic rings. The molecule has 0 bridgehead atoms. The minimum Gasteiger partial charge on any atom is -0.493 e. The summed E-state index contributed by atoms with van der Waals surface area (Å²) in [4.78, 5) is 2.53. The molecule has 1 fully saturated rings. The third-order valence-corrected chi connectivity index (χ3v) is 7.29. The highest BCUT2D eigenvalue weighted by Gasteiger charge is 2.14. The maximum Gasteiger partial charge on any atom is 0.122 e. The van der Waals surface area contributed by atoms with Gasteiger partial charge in [-0.3, -0.25) is 0 Å². The minimum absolute atomic E-state index is 0.0519. The van der Waals surface area contributed by atoms with Crippen LogP contribution >= 0.6 is 0 Å². The van der Waals surface area contributed by atoms with Crippen LogP contribution in [0.3, 0.4) is 0 Å². The quantitative estimate of drug-likeness (QED) is 0.268. The lowest BCUT2D eigenvalue weighted by atomic mass is 9.95. The van der Waals surface area contributed by atoms with E-state index in [1.54, 1.807) is 0 Å². The Morgan fingerprint density at radius 3 is 1.97 bits per heavy atom. The molecule has 2 N–H and O–H groups in total. The van der Waals surface area contributed by atoms with E-state index in [9.17, 15) is 5.11 Å². The van der Waals surface area contributed by atoms with E-state index in [4.69, 9.17) is 9.47 Å². The molecule has 0 saturated carbocycles. The van der Waals surface area contributed by atoms with Crippen molar-refractivity contribution in [2.24, 2.45) is 0 Å². The number of benzene rings is 3. The van der Waals surface area contributed by atoms with Gasteiger partial charge in [0.1, 0.15) is 11.5 Å². The molecular weight excluding hydrogens is 460 g/mol. The van der Waals surface area contributed by atoms with Gasteiger partial charge in [-0.05, 0) is 99.1 Å². The number of aliphatic hydroxyl groups is 1. The maximum absolute atomic E-state index is 9.73. The van der Waals surface area contributed by atoms with Crippen LogP contribution < -0.4 is 14.8 Å². The zero-order valence-corrected chi connectivity index (χ0v) is 22.4. The second-order valence-electron chi connectivity index (χ2n) is 9.91. The normalized spacial score (nSPS) is 14.6. The minimum atomic E-state index is -0.0519. The average Bonchev–Trinajstić information content (AvgIpc) is 3.45. The third-order valence-electron chi connectivity index (χ3n) is 7.29. The molecule has 0 radical (unpaired) electrons. The van der Waals surface area contributed by atoms with Gasteiger partial charge in [-0.15, -0.1) is 0 Å². The third kappa shape index (κ3) is 7.57. The van der Waals surface area contributed by atoms with E-state index >= 15 is 0 Å². The van der Waals surface area contributed by atoms with Crippen molar-refractivity contribution in [1.29, 1.82) is 0 Å². The molecule has 0 aliphatic carbocycles. The van der Waals surface area contributed by atoms with Crippen molar-refractivity contribution in [2.75, 3.05) is 46.0 Å². The predicted octanol–water partition coefficient (Wildman–Crippen LogP) is 5.93. The van der Waals surface area contributed by atoms with Crippen LogP contribution in [0.2, 0.25) is 0 Å². The highest BCUT2D eigenvalue weighted by Crippen LogP contribution is 2.35. The van der Waals surface area contributed by atoms with Crippen molar-refractivity contribution >= 4 is 0 Å². The SMILES string of the molecule is Cc1c(OCCCN[C@@H](CO)c2ccccc2)cccc1-c1cccc(OCCCN2CCCC2)c1C. The summed E-state index contributed by atoms with van der Waals surface area (Å²) in [6, 6.07) is 22.6. The fraction of sp³-hybridized carbons (Fsp3) is 0.438. The molecule has 1 heterocycles. The molecule has 0 amide bonds. The van der Waals surface area contributed by atoms with Gasteiger partial charge in [-0.25, -0.2) is 0 Å². The summed E-state index contributed by atoms with van der Waals surface area (Å²) < 4.78 is 12.4. The van der Waals surface area contributed by atoms with Crippen molar-refractivity contribution in [3.63, 3.8) is 0 Å². The second kappa shape index (κ2) is 14.2. The number of aliphatic hydroxyl groups excluding tert-OH is 1. The predicted molar refractivity (Wildman–Crippen MR) is 152 cm³/mol. The van der Waals surface area contributed by atoms with Crippen molar-refractivity contribution in [3.05, 3.63) is 83.4 Å². The van der Waals surface area contributed by atoms with Gasteiger partial charge < -0.3 is 24.8 Å². The largest absolute Gasteiger partial charge is 0.493 e. The zero-order valence-electron chi connectivity index (χ0n) is 22.4. The molecular formula is C32H42N2O3. The first-order valence-corrected chi connectivity index (χ1v) is 13.7. The van der Waals surface area contributed by atoms with Crippen LogP contribution in [0.25, 0.3) is 11.1 Å². The molecule has 3 aromatic carbocycles. The van der Waals surface area contributed by atoms with E-state index in [1.807, 2.05) is 36.4 Å². The van der Waals surface area contributed by atoms with Crippen molar-refractivity contribution < 1.29 is 14.6 Å². The Morgan fingerprint density at radius 2 is 1.38 bits per heavy atom. The van der Waals surface area contributed by atoms with Crippen LogP contribution in [-0.2, 0) is 0 Å². The number of likely N-dealkylation sites (tertiary alicyclic amines) is 1. The molecule has 37 heavy (non-hydrogen) atoms. The van der Waals surface area contributed by atoms with Crippen molar-refractivity contribution in [2.45, 2.75) is 45.6 Å². The molecule has 4 rings (SSSR count). The number of rotatable bonds is 14. The Bertz CT molecular complexity index is 1100. The number of hydrogen-bond acceptors (Lipinski definition) is 5. The van der Waals surface area contributed by atoms with Crippen LogP contribution in [-0.4, -0.2) is 56.0 Å². The van der Waals surface area contributed by atoms with Crippen LogP contribution in [0.15, 0.2) is 66.7 Å². The topological polar surface area (TPSA) is 54.0 Å². The molecule has 1 atom stereocenters. The Balaban J connectivity index is 1.30. The van der Waals surface area contributed by atoms with E-state index in [2.05, 4.69) is 54.4 Å². The number of nitrogens with one attached hydrogen (secondary N) is 1. The molecule has 198 valence electrons. The van der Waals surface area contributed by atoms with Crippen LogP contribution in [0, 0.1) is 13.8 Å². The fourth-order valence-corrected chi connectivity index (χ4v) is 5.11. The van der Waals surface area contributed by atoms with Gasteiger partial charge in [0, 0.05) is 6.54 Å². The van der Waals surface area contributed by atoms with Crippen molar-refractivity contribution in [3.8, 4) is 22.6 Å². The summed E-state index contributed by atoms with van der Waals surface area (Å²) in [6.45, 7) is 10.1. The van der Waals surface area contributed by atoms with Crippen molar-refractivity contribution in [1.82, 2.24) is 10.2 Å². The Kier molecular flexibility index (Phi) is 10.4. The molecule has 0 aromatic heterocycles.